The number of nitrogens with zero attached hydrogens (tertiary/aromatic N) is 1. The van der Waals surface area contributed by atoms with Crippen molar-refractivity contribution < 1.29 is 19.2 Å². The number of ketones is 1. The van der Waals surface area contributed by atoms with Crippen LogP contribution in [0, 0.1) is 10.1 Å². The summed E-state index contributed by atoms with van der Waals surface area (Å²) in [5.41, 5.74) is 0.653. The maximum atomic E-state index is 12.2. The lowest BCUT2D eigenvalue weighted by Crippen LogP contribution is -2.02. The molecular formula is C21H19NO5. The zero-order valence-electron chi connectivity index (χ0n) is 15.0. The predicted molar refractivity (Wildman–Crippen MR) is 103 cm³/mol. The molecule has 0 aliphatic heterocycles. The molecule has 6 heteroatoms. The van der Waals surface area contributed by atoms with Crippen molar-refractivity contribution in [2.75, 3.05) is 14.2 Å². The fourth-order valence-corrected chi connectivity index (χ4v) is 2.23. The lowest BCUT2D eigenvalue weighted by atomic mass is 10.0. The number of hydrogen-bond acceptors (Lipinski definition) is 5. The normalized spacial score (nSPS) is 9.56. The number of benzene rings is 3. The number of rotatable bonds is 5. The van der Waals surface area contributed by atoms with Crippen molar-refractivity contribution in [2.45, 2.75) is 0 Å². The molecule has 3 aromatic rings. The van der Waals surface area contributed by atoms with Crippen molar-refractivity contribution >= 4 is 11.5 Å². The molecule has 0 unspecified atom stereocenters. The molecule has 0 spiro atoms. The van der Waals surface area contributed by atoms with Crippen molar-refractivity contribution in [3.63, 3.8) is 0 Å². The van der Waals surface area contributed by atoms with Crippen molar-refractivity contribution in [3.05, 3.63) is 100 Å². The van der Waals surface area contributed by atoms with Crippen LogP contribution in [0.15, 0.2) is 78.9 Å². The molecule has 0 aliphatic rings. The van der Waals surface area contributed by atoms with E-state index in [0.717, 1.165) is 5.75 Å². The highest BCUT2D eigenvalue weighted by Gasteiger charge is 2.13. The maximum absolute atomic E-state index is 12.2. The van der Waals surface area contributed by atoms with E-state index in [-0.39, 0.29) is 11.5 Å². The van der Waals surface area contributed by atoms with Crippen molar-refractivity contribution in [3.8, 4) is 11.5 Å². The molecule has 0 N–H and O–H groups in total. The van der Waals surface area contributed by atoms with Crippen LogP contribution in [0.5, 0.6) is 11.5 Å². The Morgan fingerprint density at radius 1 is 0.778 bits per heavy atom. The first-order valence-electron chi connectivity index (χ1n) is 8.07. The molecule has 0 saturated heterocycles. The summed E-state index contributed by atoms with van der Waals surface area (Å²) in [5, 5.41) is 10.7. The van der Waals surface area contributed by atoms with Crippen molar-refractivity contribution in [1.82, 2.24) is 0 Å². The second kappa shape index (κ2) is 9.72. The SMILES string of the molecule is COc1ccc(C(=O)c2cccc([N+](=O)[O-])c2)cc1.COc1ccccc1. The van der Waals surface area contributed by atoms with E-state index in [1.54, 1.807) is 37.4 Å². The lowest BCUT2D eigenvalue weighted by Gasteiger charge is -2.03. The van der Waals surface area contributed by atoms with E-state index in [0.29, 0.717) is 16.9 Å². The Morgan fingerprint density at radius 2 is 1.37 bits per heavy atom. The number of ether oxygens (including phenoxy) is 2. The summed E-state index contributed by atoms with van der Waals surface area (Å²) in [5.74, 6) is 1.30. The Hall–Kier alpha value is -3.67. The van der Waals surface area contributed by atoms with Gasteiger partial charge in [0.2, 0.25) is 0 Å². The number of carbonyl (C=O) groups excluding carboxylic acids is 1. The first-order valence-corrected chi connectivity index (χ1v) is 8.07. The van der Waals surface area contributed by atoms with Crippen LogP contribution in [0.3, 0.4) is 0 Å². The number of hydrogen-bond donors (Lipinski definition) is 0. The summed E-state index contributed by atoms with van der Waals surface area (Å²) in [6.07, 6.45) is 0. The molecule has 0 saturated carbocycles. The number of methoxy groups -OCH3 is 2. The van der Waals surface area contributed by atoms with Crippen LogP contribution in [0.1, 0.15) is 15.9 Å². The Balaban J connectivity index is 0.000000273. The minimum atomic E-state index is -0.523. The summed E-state index contributed by atoms with van der Waals surface area (Å²) >= 11 is 0. The molecule has 6 nitrogen and oxygen atoms in total. The van der Waals surface area contributed by atoms with E-state index in [9.17, 15) is 14.9 Å². The van der Waals surface area contributed by atoms with Gasteiger partial charge in [0, 0.05) is 23.3 Å². The number of carbonyl (C=O) groups is 1. The van der Waals surface area contributed by atoms with E-state index in [1.807, 2.05) is 30.3 Å². The van der Waals surface area contributed by atoms with E-state index in [4.69, 9.17) is 9.47 Å². The van der Waals surface area contributed by atoms with E-state index < -0.39 is 4.92 Å². The Bertz CT molecular complexity index is 892. The first-order chi connectivity index (χ1) is 13.0. The Morgan fingerprint density at radius 3 is 1.89 bits per heavy atom. The molecule has 138 valence electrons. The van der Waals surface area contributed by atoms with Gasteiger partial charge in [-0.05, 0) is 36.4 Å². The highest BCUT2D eigenvalue weighted by atomic mass is 16.6. The number of non-ortho nitro benzene ring substituents is 1. The molecule has 0 amide bonds. The molecule has 27 heavy (non-hydrogen) atoms. The highest BCUT2D eigenvalue weighted by molar-refractivity contribution is 6.09. The monoisotopic (exact) mass is 365 g/mol. The number of nitro groups is 1. The van der Waals surface area contributed by atoms with Crippen LogP contribution in [0.4, 0.5) is 5.69 Å². The zero-order chi connectivity index (χ0) is 19.6. The van der Waals surface area contributed by atoms with Crippen molar-refractivity contribution in [1.29, 1.82) is 0 Å². The topological polar surface area (TPSA) is 78.7 Å². The third-order valence-corrected chi connectivity index (χ3v) is 3.65. The summed E-state index contributed by atoms with van der Waals surface area (Å²) < 4.78 is 9.92. The first kappa shape index (κ1) is 19.7. The van der Waals surface area contributed by atoms with Crippen LogP contribution in [-0.2, 0) is 0 Å². The predicted octanol–water partition coefficient (Wildman–Crippen LogP) is 4.53. The van der Waals surface area contributed by atoms with Gasteiger partial charge in [-0.25, -0.2) is 0 Å². The van der Waals surface area contributed by atoms with Gasteiger partial charge in [-0.2, -0.15) is 0 Å². The summed E-state index contributed by atoms with van der Waals surface area (Å²) in [6.45, 7) is 0. The Kier molecular flexibility index (Phi) is 7.07. The second-order valence-corrected chi connectivity index (χ2v) is 5.38. The van der Waals surface area contributed by atoms with Gasteiger partial charge >= 0.3 is 0 Å². The third kappa shape index (κ3) is 5.67. The van der Waals surface area contributed by atoms with Gasteiger partial charge in [-0.3, -0.25) is 14.9 Å². The van der Waals surface area contributed by atoms with Gasteiger partial charge in [0.25, 0.3) is 5.69 Å². The maximum Gasteiger partial charge on any atom is 0.270 e. The van der Waals surface area contributed by atoms with Crippen LogP contribution in [0.25, 0.3) is 0 Å². The molecule has 0 aromatic heterocycles. The largest absolute Gasteiger partial charge is 0.497 e. The second-order valence-electron chi connectivity index (χ2n) is 5.38. The smallest absolute Gasteiger partial charge is 0.270 e. The summed E-state index contributed by atoms with van der Waals surface area (Å²) in [7, 11) is 3.20. The summed E-state index contributed by atoms with van der Waals surface area (Å²) in [6, 6.07) is 21.9. The molecule has 0 heterocycles. The zero-order valence-corrected chi connectivity index (χ0v) is 15.0. The minimum absolute atomic E-state index is 0.0978. The van der Waals surface area contributed by atoms with E-state index >= 15 is 0 Å². The highest BCUT2D eigenvalue weighted by Crippen LogP contribution is 2.18. The van der Waals surface area contributed by atoms with Gasteiger partial charge in [0.05, 0.1) is 19.1 Å². The van der Waals surface area contributed by atoms with E-state index in [2.05, 4.69) is 0 Å². The van der Waals surface area contributed by atoms with Crippen LogP contribution < -0.4 is 9.47 Å². The molecule has 0 fully saturated rings. The molecule has 3 rings (SSSR count). The van der Waals surface area contributed by atoms with Gasteiger partial charge in [0.15, 0.2) is 5.78 Å². The molecule has 0 bridgehead atoms. The van der Waals surface area contributed by atoms with Gasteiger partial charge in [-0.1, -0.05) is 30.3 Å². The average Bonchev–Trinajstić information content (AvgIpc) is 2.74. The third-order valence-electron chi connectivity index (χ3n) is 3.65. The quantitative estimate of drug-likeness (QED) is 0.377. The molecule has 3 aromatic carbocycles. The van der Waals surface area contributed by atoms with Crippen molar-refractivity contribution in [2.24, 2.45) is 0 Å². The van der Waals surface area contributed by atoms with Crippen LogP contribution in [0.2, 0.25) is 0 Å². The lowest BCUT2D eigenvalue weighted by molar-refractivity contribution is -0.384. The van der Waals surface area contributed by atoms with Crippen LogP contribution in [-0.4, -0.2) is 24.9 Å². The molecule has 0 radical (unpaired) electrons. The molecular weight excluding hydrogens is 346 g/mol. The fraction of sp³-hybridized carbons (Fsp3) is 0.0952. The van der Waals surface area contributed by atoms with E-state index in [1.165, 1.54) is 25.3 Å². The van der Waals surface area contributed by atoms with Crippen LogP contribution >= 0.6 is 0 Å². The summed E-state index contributed by atoms with van der Waals surface area (Å²) in [4.78, 5) is 22.3. The minimum Gasteiger partial charge on any atom is -0.497 e. The Labute approximate surface area is 157 Å². The van der Waals surface area contributed by atoms with Gasteiger partial charge < -0.3 is 9.47 Å². The fourth-order valence-electron chi connectivity index (χ4n) is 2.23. The molecule has 0 atom stereocenters. The van der Waals surface area contributed by atoms with Gasteiger partial charge in [0.1, 0.15) is 11.5 Å². The van der Waals surface area contributed by atoms with Gasteiger partial charge in [-0.15, -0.1) is 0 Å². The molecule has 0 aliphatic carbocycles. The standard InChI is InChI=1S/C14H11NO4.C7H8O/c1-19-13-7-5-10(6-8-13)14(16)11-3-2-4-12(9-11)15(17)18;1-8-7-5-3-2-4-6-7/h2-9H,1H3;2-6H,1H3. The average molecular weight is 365 g/mol. The number of para-hydroxylation sites is 1. The number of nitro benzene ring substituents is 1.